The Bertz CT molecular complexity index is 1030. The van der Waals surface area contributed by atoms with Gasteiger partial charge in [-0.2, -0.15) is 0 Å². The summed E-state index contributed by atoms with van der Waals surface area (Å²) in [6.45, 7) is 5.54. The minimum Gasteiger partial charge on any atom is -0.456 e. The van der Waals surface area contributed by atoms with Gasteiger partial charge >= 0.3 is 5.97 Å². The van der Waals surface area contributed by atoms with E-state index in [0.717, 1.165) is 24.0 Å². The number of ether oxygens (including phenoxy) is 1. The number of fused-ring (bicyclic) bond motifs is 1. The lowest BCUT2D eigenvalue weighted by molar-refractivity contribution is 0.00695. The number of hydrogen-bond acceptors (Lipinski definition) is 5. The summed E-state index contributed by atoms with van der Waals surface area (Å²) < 4.78 is 5.37. The molecule has 2 aromatic carbocycles. The van der Waals surface area contributed by atoms with Gasteiger partial charge in [-0.05, 0) is 69.0 Å². The highest BCUT2D eigenvalue weighted by Gasteiger charge is 2.17. The van der Waals surface area contributed by atoms with Crippen LogP contribution in [0.15, 0.2) is 47.3 Å². The van der Waals surface area contributed by atoms with Crippen LogP contribution in [0.4, 0.5) is 5.95 Å². The van der Waals surface area contributed by atoms with Gasteiger partial charge in [-0.25, -0.2) is 9.78 Å². The van der Waals surface area contributed by atoms with E-state index in [1.54, 1.807) is 12.1 Å². The molecule has 0 saturated carbocycles. The summed E-state index contributed by atoms with van der Waals surface area (Å²) in [4.78, 5) is 30.7. The predicted octanol–water partition coefficient (Wildman–Crippen LogP) is 3.25. The maximum absolute atomic E-state index is 12.1. The summed E-state index contributed by atoms with van der Waals surface area (Å²) in [7, 11) is 0. The molecule has 6 nitrogen and oxygen atoms in total. The molecule has 0 amide bonds. The van der Waals surface area contributed by atoms with Gasteiger partial charge in [0.2, 0.25) is 5.95 Å². The number of esters is 1. The first-order valence-electron chi connectivity index (χ1n) is 8.82. The second kappa shape index (κ2) is 7.23. The molecular formula is C21H23N3O3. The van der Waals surface area contributed by atoms with Crippen molar-refractivity contribution in [2.24, 2.45) is 0 Å². The number of nitrogens with one attached hydrogen (secondary N) is 1. The topological polar surface area (TPSA) is 98.1 Å². The van der Waals surface area contributed by atoms with Crippen molar-refractivity contribution < 1.29 is 9.53 Å². The van der Waals surface area contributed by atoms with Crippen LogP contribution in [-0.4, -0.2) is 21.5 Å². The number of aromatic nitrogens is 2. The Balaban J connectivity index is 1.69. The van der Waals surface area contributed by atoms with E-state index in [1.165, 1.54) is 0 Å². The SMILES string of the molecule is CC(C)(C)OC(=O)c1ccc(CCc2ccc3nc(N)[nH]c(=O)c3c2)cc1. The van der Waals surface area contributed by atoms with Gasteiger partial charge in [0.05, 0.1) is 16.5 Å². The first kappa shape index (κ1) is 18.6. The molecular weight excluding hydrogens is 342 g/mol. The van der Waals surface area contributed by atoms with Crippen LogP contribution < -0.4 is 11.3 Å². The van der Waals surface area contributed by atoms with Crippen LogP contribution in [-0.2, 0) is 17.6 Å². The van der Waals surface area contributed by atoms with E-state index in [1.807, 2.05) is 51.1 Å². The van der Waals surface area contributed by atoms with Crippen molar-refractivity contribution in [3.63, 3.8) is 0 Å². The summed E-state index contributed by atoms with van der Waals surface area (Å²) >= 11 is 0. The molecule has 0 aliphatic carbocycles. The average Bonchev–Trinajstić information content (AvgIpc) is 2.59. The van der Waals surface area contributed by atoms with Crippen LogP contribution in [0.5, 0.6) is 0 Å². The van der Waals surface area contributed by atoms with Gasteiger partial charge in [0.25, 0.3) is 5.56 Å². The molecule has 0 unspecified atom stereocenters. The van der Waals surface area contributed by atoms with Gasteiger partial charge in [-0.1, -0.05) is 18.2 Å². The molecule has 0 saturated heterocycles. The summed E-state index contributed by atoms with van der Waals surface area (Å²) in [6, 6.07) is 13.0. The van der Waals surface area contributed by atoms with E-state index in [2.05, 4.69) is 9.97 Å². The van der Waals surface area contributed by atoms with E-state index in [4.69, 9.17) is 10.5 Å². The molecule has 27 heavy (non-hydrogen) atoms. The number of nitrogens with two attached hydrogens (primary N) is 1. The average molecular weight is 365 g/mol. The van der Waals surface area contributed by atoms with Crippen LogP contribution in [0.2, 0.25) is 0 Å². The summed E-state index contributed by atoms with van der Waals surface area (Å²) in [6.07, 6.45) is 1.56. The smallest absolute Gasteiger partial charge is 0.338 e. The van der Waals surface area contributed by atoms with Gasteiger partial charge in [0.1, 0.15) is 5.60 Å². The molecule has 3 aromatic rings. The Hall–Kier alpha value is -3.15. The third-order valence-corrected chi connectivity index (χ3v) is 4.08. The Labute approximate surface area is 157 Å². The van der Waals surface area contributed by atoms with E-state index in [-0.39, 0.29) is 17.5 Å². The van der Waals surface area contributed by atoms with Crippen molar-refractivity contribution in [1.82, 2.24) is 9.97 Å². The fourth-order valence-corrected chi connectivity index (χ4v) is 2.79. The molecule has 3 N–H and O–H groups in total. The van der Waals surface area contributed by atoms with E-state index in [9.17, 15) is 9.59 Å². The Morgan fingerprint density at radius 3 is 2.37 bits per heavy atom. The molecule has 0 aliphatic rings. The van der Waals surface area contributed by atoms with Crippen LogP contribution in [0.3, 0.4) is 0 Å². The number of nitrogens with zero attached hydrogens (tertiary/aromatic N) is 1. The highest BCUT2D eigenvalue weighted by Crippen LogP contribution is 2.16. The number of hydrogen-bond donors (Lipinski definition) is 2. The van der Waals surface area contributed by atoms with Crippen LogP contribution in [0.1, 0.15) is 42.3 Å². The second-order valence-electron chi connectivity index (χ2n) is 7.50. The van der Waals surface area contributed by atoms with Crippen LogP contribution >= 0.6 is 0 Å². The third kappa shape index (κ3) is 4.73. The molecule has 0 radical (unpaired) electrons. The third-order valence-electron chi connectivity index (χ3n) is 4.08. The quantitative estimate of drug-likeness (QED) is 0.692. The Kier molecular flexibility index (Phi) is 4.99. The first-order valence-corrected chi connectivity index (χ1v) is 8.82. The lowest BCUT2D eigenvalue weighted by atomic mass is 10.0. The molecule has 1 heterocycles. The molecule has 0 bridgehead atoms. The second-order valence-corrected chi connectivity index (χ2v) is 7.50. The molecule has 3 rings (SSSR count). The van der Waals surface area contributed by atoms with E-state index >= 15 is 0 Å². The molecule has 1 aromatic heterocycles. The van der Waals surface area contributed by atoms with Gasteiger partial charge in [0.15, 0.2) is 0 Å². The minimum absolute atomic E-state index is 0.116. The number of nitrogen functional groups attached to an aromatic ring is 1. The van der Waals surface area contributed by atoms with Crippen molar-refractivity contribution >= 4 is 22.8 Å². The summed E-state index contributed by atoms with van der Waals surface area (Å²) in [5.41, 5.74) is 8.08. The van der Waals surface area contributed by atoms with Crippen LogP contribution in [0, 0.1) is 0 Å². The minimum atomic E-state index is -0.511. The normalized spacial score (nSPS) is 11.5. The Morgan fingerprint density at radius 1 is 1.07 bits per heavy atom. The number of H-pyrrole nitrogens is 1. The van der Waals surface area contributed by atoms with Gasteiger partial charge in [0, 0.05) is 0 Å². The van der Waals surface area contributed by atoms with E-state index < -0.39 is 5.60 Å². The van der Waals surface area contributed by atoms with Crippen molar-refractivity contribution in [3.05, 3.63) is 69.5 Å². The number of benzene rings is 2. The first-order chi connectivity index (χ1) is 12.7. The maximum atomic E-state index is 12.1. The van der Waals surface area contributed by atoms with Crippen molar-refractivity contribution in [2.45, 2.75) is 39.2 Å². The molecule has 6 heteroatoms. The molecule has 0 aliphatic heterocycles. The largest absolute Gasteiger partial charge is 0.456 e. The lowest BCUT2D eigenvalue weighted by Crippen LogP contribution is -2.23. The van der Waals surface area contributed by atoms with Crippen molar-refractivity contribution in [2.75, 3.05) is 5.73 Å². The fraction of sp³-hybridized carbons (Fsp3) is 0.286. The number of carbonyl (C=O) groups is 1. The number of carbonyl (C=O) groups excluding carboxylic acids is 1. The summed E-state index contributed by atoms with van der Waals surface area (Å²) in [5, 5.41) is 0.530. The Morgan fingerprint density at radius 2 is 1.70 bits per heavy atom. The predicted molar refractivity (Wildman–Crippen MR) is 106 cm³/mol. The highest BCUT2D eigenvalue weighted by atomic mass is 16.6. The summed E-state index contributed by atoms with van der Waals surface area (Å²) in [5.74, 6) is -0.208. The molecule has 140 valence electrons. The standard InChI is InChI=1S/C21H23N3O3/c1-21(2,3)27-19(26)15-9-6-13(7-10-15)4-5-14-8-11-17-16(12-14)18(25)24-20(22)23-17/h6-12H,4-5H2,1-3H3,(H3,22,23,24,25). The van der Waals surface area contributed by atoms with Crippen molar-refractivity contribution in [1.29, 1.82) is 0 Å². The maximum Gasteiger partial charge on any atom is 0.338 e. The zero-order valence-electron chi connectivity index (χ0n) is 15.7. The zero-order chi connectivity index (χ0) is 19.6. The molecule has 0 atom stereocenters. The number of anilines is 1. The fourth-order valence-electron chi connectivity index (χ4n) is 2.79. The van der Waals surface area contributed by atoms with Crippen LogP contribution in [0.25, 0.3) is 10.9 Å². The van der Waals surface area contributed by atoms with Gasteiger partial charge in [-0.15, -0.1) is 0 Å². The number of aromatic amines is 1. The van der Waals surface area contributed by atoms with E-state index in [0.29, 0.717) is 16.5 Å². The molecule has 0 spiro atoms. The van der Waals surface area contributed by atoms with Crippen molar-refractivity contribution in [3.8, 4) is 0 Å². The monoisotopic (exact) mass is 365 g/mol. The molecule has 0 fully saturated rings. The van der Waals surface area contributed by atoms with Gasteiger partial charge in [-0.3, -0.25) is 9.78 Å². The number of rotatable bonds is 4. The number of aryl methyl sites for hydroxylation is 2. The zero-order valence-corrected chi connectivity index (χ0v) is 15.7. The van der Waals surface area contributed by atoms with Gasteiger partial charge < -0.3 is 10.5 Å². The highest BCUT2D eigenvalue weighted by molar-refractivity contribution is 5.89. The lowest BCUT2D eigenvalue weighted by Gasteiger charge is -2.19.